The first kappa shape index (κ1) is 11.9. The zero-order valence-corrected chi connectivity index (χ0v) is 9.01. The molecule has 2 nitrogen and oxygen atoms in total. The zero-order valence-electron chi connectivity index (χ0n) is 9.01. The molecule has 0 spiro atoms. The van der Waals surface area contributed by atoms with E-state index in [1.165, 1.54) is 13.0 Å². The highest BCUT2D eigenvalue weighted by Gasteiger charge is 2.07. The topological polar surface area (TPSA) is 29.3 Å². The number of likely N-dealkylation sites (N-methyl/N-ethyl adjacent to an activating group) is 1. The highest BCUT2D eigenvalue weighted by Crippen LogP contribution is 2.03. The lowest BCUT2D eigenvalue weighted by Gasteiger charge is -2.23. The van der Waals surface area contributed by atoms with E-state index in [2.05, 4.69) is 32.7 Å². The molecule has 0 saturated carbocycles. The monoisotopic (exact) mass is 172 g/mol. The molecule has 2 heteroatoms. The number of nitrogens with zero attached hydrogens (tertiary/aromatic N) is 1. The van der Waals surface area contributed by atoms with Gasteiger partial charge in [-0.3, -0.25) is 0 Å². The standard InChI is InChI=1S/C10H24N2/c1-5-9(3)7-12(4)8-10(11)6-2/h9-10H,5-8,11H2,1-4H3. The highest BCUT2D eigenvalue weighted by atomic mass is 15.1. The second-order valence-electron chi connectivity index (χ2n) is 3.90. The first-order valence-corrected chi connectivity index (χ1v) is 5.04. The van der Waals surface area contributed by atoms with Gasteiger partial charge in [0.15, 0.2) is 0 Å². The van der Waals surface area contributed by atoms with Gasteiger partial charge >= 0.3 is 0 Å². The molecule has 0 aromatic carbocycles. The van der Waals surface area contributed by atoms with Gasteiger partial charge in [0.25, 0.3) is 0 Å². The van der Waals surface area contributed by atoms with Gasteiger partial charge < -0.3 is 10.6 Å². The van der Waals surface area contributed by atoms with Gasteiger partial charge in [-0.25, -0.2) is 0 Å². The summed E-state index contributed by atoms with van der Waals surface area (Å²) in [6, 6.07) is 0.346. The van der Waals surface area contributed by atoms with Crippen LogP contribution in [0.1, 0.15) is 33.6 Å². The van der Waals surface area contributed by atoms with E-state index >= 15 is 0 Å². The molecule has 0 aromatic rings. The summed E-state index contributed by atoms with van der Waals surface area (Å²) in [4.78, 5) is 2.34. The fraction of sp³-hybridized carbons (Fsp3) is 1.00. The molecule has 2 N–H and O–H groups in total. The van der Waals surface area contributed by atoms with E-state index in [1.807, 2.05) is 0 Å². The van der Waals surface area contributed by atoms with Crippen LogP contribution in [-0.4, -0.2) is 31.1 Å². The molecular formula is C10H24N2. The minimum Gasteiger partial charge on any atom is -0.327 e. The fourth-order valence-corrected chi connectivity index (χ4v) is 1.27. The van der Waals surface area contributed by atoms with Crippen LogP contribution in [0.2, 0.25) is 0 Å². The van der Waals surface area contributed by atoms with E-state index < -0.39 is 0 Å². The molecule has 0 heterocycles. The maximum atomic E-state index is 5.85. The van der Waals surface area contributed by atoms with Gasteiger partial charge in [-0.15, -0.1) is 0 Å². The van der Waals surface area contributed by atoms with Crippen LogP contribution in [0.4, 0.5) is 0 Å². The summed E-state index contributed by atoms with van der Waals surface area (Å²) in [6.45, 7) is 8.86. The summed E-state index contributed by atoms with van der Waals surface area (Å²) >= 11 is 0. The van der Waals surface area contributed by atoms with Gasteiger partial charge in [-0.05, 0) is 19.4 Å². The molecule has 0 aliphatic heterocycles. The van der Waals surface area contributed by atoms with E-state index in [1.54, 1.807) is 0 Å². The minimum atomic E-state index is 0.346. The van der Waals surface area contributed by atoms with E-state index in [9.17, 15) is 0 Å². The van der Waals surface area contributed by atoms with E-state index in [-0.39, 0.29) is 0 Å². The van der Waals surface area contributed by atoms with Crippen molar-refractivity contribution in [3.05, 3.63) is 0 Å². The Morgan fingerprint density at radius 1 is 1.17 bits per heavy atom. The summed E-state index contributed by atoms with van der Waals surface area (Å²) in [7, 11) is 2.15. The SMILES string of the molecule is CCC(C)CN(C)CC(N)CC. The molecule has 74 valence electrons. The second-order valence-corrected chi connectivity index (χ2v) is 3.90. The van der Waals surface area contributed by atoms with Gasteiger partial charge in [0, 0.05) is 19.1 Å². The summed E-state index contributed by atoms with van der Waals surface area (Å²) in [6.07, 6.45) is 2.33. The molecule has 0 saturated heterocycles. The van der Waals surface area contributed by atoms with Crippen molar-refractivity contribution in [1.82, 2.24) is 4.90 Å². The van der Waals surface area contributed by atoms with Crippen LogP contribution in [0.15, 0.2) is 0 Å². The predicted molar refractivity (Wildman–Crippen MR) is 55.2 cm³/mol. The van der Waals surface area contributed by atoms with Crippen molar-refractivity contribution in [1.29, 1.82) is 0 Å². The number of hydrogen-bond acceptors (Lipinski definition) is 2. The highest BCUT2D eigenvalue weighted by molar-refractivity contribution is 4.65. The Bertz CT molecular complexity index is 92.0. The molecule has 0 aliphatic carbocycles. The number of nitrogens with two attached hydrogens (primary N) is 1. The molecule has 0 fully saturated rings. The van der Waals surface area contributed by atoms with Crippen molar-refractivity contribution in [2.24, 2.45) is 11.7 Å². The zero-order chi connectivity index (χ0) is 9.56. The Morgan fingerprint density at radius 3 is 2.17 bits per heavy atom. The van der Waals surface area contributed by atoms with Crippen LogP contribution >= 0.6 is 0 Å². The molecule has 0 amide bonds. The smallest absolute Gasteiger partial charge is 0.0165 e. The van der Waals surface area contributed by atoms with Crippen LogP contribution in [0.25, 0.3) is 0 Å². The third-order valence-electron chi connectivity index (χ3n) is 2.39. The van der Waals surface area contributed by atoms with E-state index in [4.69, 9.17) is 5.73 Å². The van der Waals surface area contributed by atoms with Gasteiger partial charge in [0.2, 0.25) is 0 Å². The molecule has 0 rings (SSSR count). The van der Waals surface area contributed by atoms with Crippen LogP contribution in [-0.2, 0) is 0 Å². The lowest BCUT2D eigenvalue weighted by Crippen LogP contribution is -2.36. The van der Waals surface area contributed by atoms with Gasteiger partial charge in [0.1, 0.15) is 0 Å². The van der Waals surface area contributed by atoms with Crippen molar-refractivity contribution in [3.63, 3.8) is 0 Å². The van der Waals surface area contributed by atoms with Crippen LogP contribution in [0.5, 0.6) is 0 Å². The van der Waals surface area contributed by atoms with Crippen molar-refractivity contribution in [2.45, 2.75) is 39.7 Å². The lowest BCUT2D eigenvalue weighted by molar-refractivity contribution is 0.264. The van der Waals surface area contributed by atoms with Crippen molar-refractivity contribution >= 4 is 0 Å². The molecule has 0 aliphatic rings. The van der Waals surface area contributed by atoms with Gasteiger partial charge in [-0.1, -0.05) is 27.2 Å². The maximum absolute atomic E-state index is 5.85. The van der Waals surface area contributed by atoms with Crippen molar-refractivity contribution in [3.8, 4) is 0 Å². The molecule has 0 radical (unpaired) electrons. The summed E-state index contributed by atoms with van der Waals surface area (Å²) in [5, 5.41) is 0. The van der Waals surface area contributed by atoms with Crippen LogP contribution in [0, 0.1) is 5.92 Å². The Balaban J connectivity index is 3.51. The normalized spacial score (nSPS) is 16.5. The van der Waals surface area contributed by atoms with E-state index in [0.717, 1.165) is 18.9 Å². The van der Waals surface area contributed by atoms with Crippen LogP contribution < -0.4 is 5.73 Å². The summed E-state index contributed by atoms with van der Waals surface area (Å²) < 4.78 is 0. The average Bonchev–Trinajstić information content (AvgIpc) is 2.03. The third-order valence-corrected chi connectivity index (χ3v) is 2.39. The molecule has 0 bridgehead atoms. The first-order chi connectivity index (χ1) is 5.60. The Morgan fingerprint density at radius 2 is 1.75 bits per heavy atom. The second kappa shape index (κ2) is 6.44. The number of hydrogen-bond donors (Lipinski definition) is 1. The minimum absolute atomic E-state index is 0.346. The molecule has 2 atom stereocenters. The number of rotatable bonds is 6. The van der Waals surface area contributed by atoms with Crippen molar-refractivity contribution < 1.29 is 0 Å². The molecule has 2 unspecified atom stereocenters. The quantitative estimate of drug-likeness (QED) is 0.661. The molecule has 12 heavy (non-hydrogen) atoms. The van der Waals surface area contributed by atoms with Crippen LogP contribution in [0.3, 0.4) is 0 Å². The lowest BCUT2D eigenvalue weighted by atomic mass is 10.1. The Hall–Kier alpha value is -0.0800. The van der Waals surface area contributed by atoms with Gasteiger partial charge in [0.05, 0.1) is 0 Å². The maximum Gasteiger partial charge on any atom is 0.0165 e. The predicted octanol–water partition coefficient (Wildman–Crippen LogP) is 1.70. The van der Waals surface area contributed by atoms with Gasteiger partial charge in [-0.2, -0.15) is 0 Å². The Labute approximate surface area is 77.1 Å². The molecular weight excluding hydrogens is 148 g/mol. The Kier molecular flexibility index (Phi) is 6.39. The summed E-state index contributed by atoms with van der Waals surface area (Å²) in [5.41, 5.74) is 5.85. The largest absolute Gasteiger partial charge is 0.327 e. The third kappa shape index (κ3) is 5.56. The van der Waals surface area contributed by atoms with Crippen molar-refractivity contribution in [2.75, 3.05) is 20.1 Å². The molecule has 0 aromatic heterocycles. The fourth-order valence-electron chi connectivity index (χ4n) is 1.27. The summed E-state index contributed by atoms with van der Waals surface area (Å²) in [5.74, 6) is 0.791. The van der Waals surface area contributed by atoms with E-state index in [0.29, 0.717) is 6.04 Å². The first-order valence-electron chi connectivity index (χ1n) is 5.04. The average molecular weight is 172 g/mol.